The fraction of sp³-hybridized carbons (Fsp3) is 0.217. The molecule has 0 saturated carbocycles. The fourth-order valence-electron chi connectivity index (χ4n) is 3.38. The summed E-state index contributed by atoms with van der Waals surface area (Å²) >= 11 is 1.27. The lowest BCUT2D eigenvalue weighted by Gasteiger charge is -2.23. The predicted octanol–water partition coefficient (Wildman–Crippen LogP) is 4.19. The molecule has 2 heterocycles. The number of nitrogens with one attached hydrogen (secondary N) is 1. The van der Waals surface area contributed by atoms with Gasteiger partial charge in [0, 0.05) is 11.8 Å². The maximum Gasteiger partial charge on any atom is 0.311 e. The van der Waals surface area contributed by atoms with Gasteiger partial charge in [0.05, 0.1) is 30.5 Å². The minimum atomic E-state index is -0.338. The van der Waals surface area contributed by atoms with Crippen LogP contribution in [-0.2, 0) is 20.7 Å². The Morgan fingerprint density at radius 3 is 2.55 bits per heavy atom. The normalized spacial score (nSPS) is 15.5. The van der Waals surface area contributed by atoms with Crippen LogP contribution in [-0.4, -0.2) is 29.2 Å². The number of hydrazone groups is 1. The third kappa shape index (κ3) is 4.97. The third-order valence-corrected chi connectivity index (χ3v) is 5.59. The highest BCUT2D eigenvalue weighted by Crippen LogP contribution is 2.35. The summed E-state index contributed by atoms with van der Waals surface area (Å²) in [6, 6.07) is 19.7. The Balaban J connectivity index is 1.50. The topological polar surface area (TPSA) is 83.9 Å². The van der Waals surface area contributed by atoms with Gasteiger partial charge in [0.2, 0.25) is 0 Å². The van der Waals surface area contributed by atoms with Crippen molar-refractivity contribution in [2.45, 2.75) is 25.8 Å². The number of hydrogen-bond donors (Lipinski definition) is 1. The van der Waals surface area contributed by atoms with Gasteiger partial charge < -0.3 is 4.74 Å². The monoisotopic (exact) mass is 434 g/mol. The minimum absolute atomic E-state index is 0.0694. The molecule has 1 unspecified atom stereocenters. The van der Waals surface area contributed by atoms with Crippen molar-refractivity contribution in [1.29, 1.82) is 0 Å². The van der Waals surface area contributed by atoms with Gasteiger partial charge in [0.25, 0.3) is 5.91 Å². The van der Waals surface area contributed by atoms with Crippen molar-refractivity contribution in [3.63, 3.8) is 0 Å². The quantitative estimate of drug-likeness (QED) is 0.564. The largest absolute Gasteiger partial charge is 0.466 e. The van der Waals surface area contributed by atoms with Crippen LogP contribution in [0.2, 0.25) is 0 Å². The van der Waals surface area contributed by atoms with E-state index >= 15 is 0 Å². The second-order valence-electron chi connectivity index (χ2n) is 6.94. The molecule has 4 rings (SSSR count). The number of ether oxygens (including phenoxy) is 1. The van der Waals surface area contributed by atoms with Gasteiger partial charge in [-0.2, -0.15) is 5.10 Å². The molecule has 0 spiro atoms. The first-order valence-corrected chi connectivity index (χ1v) is 10.9. The lowest BCUT2D eigenvalue weighted by Crippen LogP contribution is -2.22. The lowest BCUT2D eigenvalue weighted by atomic mass is 10.0. The maximum atomic E-state index is 12.9. The molecule has 3 aromatic rings. The molecule has 0 saturated heterocycles. The van der Waals surface area contributed by atoms with E-state index in [2.05, 4.69) is 15.4 Å². The van der Waals surface area contributed by atoms with E-state index in [1.807, 2.05) is 65.7 Å². The lowest BCUT2D eigenvalue weighted by molar-refractivity contribution is -0.142. The van der Waals surface area contributed by atoms with Gasteiger partial charge in [0.15, 0.2) is 5.13 Å². The van der Waals surface area contributed by atoms with E-state index in [1.54, 1.807) is 12.3 Å². The van der Waals surface area contributed by atoms with E-state index in [9.17, 15) is 9.59 Å². The zero-order valence-electron chi connectivity index (χ0n) is 17.0. The van der Waals surface area contributed by atoms with Crippen LogP contribution in [0.5, 0.6) is 0 Å². The summed E-state index contributed by atoms with van der Waals surface area (Å²) in [4.78, 5) is 28.8. The van der Waals surface area contributed by atoms with Crippen LogP contribution in [0.4, 0.5) is 10.8 Å². The molecule has 0 radical (unpaired) electrons. The van der Waals surface area contributed by atoms with Crippen molar-refractivity contribution in [3.8, 4) is 0 Å². The molecule has 1 N–H and O–H groups in total. The number of carbonyl (C=O) groups excluding carboxylic acids is 2. The molecule has 0 bridgehead atoms. The summed E-state index contributed by atoms with van der Waals surface area (Å²) < 4.78 is 4.94. The highest BCUT2D eigenvalue weighted by molar-refractivity contribution is 7.14. The Labute approximate surface area is 184 Å². The fourth-order valence-corrected chi connectivity index (χ4v) is 4.08. The first-order valence-electron chi connectivity index (χ1n) is 10.0. The molecule has 1 atom stereocenters. The van der Waals surface area contributed by atoms with E-state index in [0.29, 0.717) is 29.6 Å². The number of hydrogen-bond acceptors (Lipinski definition) is 7. The molecule has 7 nitrogen and oxygen atoms in total. The van der Waals surface area contributed by atoms with Crippen LogP contribution in [0, 0.1) is 0 Å². The first kappa shape index (κ1) is 20.7. The van der Waals surface area contributed by atoms with Crippen LogP contribution in [0.3, 0.4) is 0 Å². The van der Waals surface area contributed by atoms with Crippen LogP contribution in [0.25, 0.3) is 0 Å². The highest BCUT2D eigenvalue weighted by atomic mass is 32.1. The number of benzene rings is 2. The number of carbonyl (C=O) groups is 2. The number of para-hydroxylation sites is 1. The standard InChI is InChI=1S/C23H22N4O3S/c1-2-30-21(28)13-17-15-31-23(24-17)25-22(29)19-14-20(16-9-5-3-6-10-16)27(26-19)18-11-7-4-8-12-18/h3-12,15,20H,2,13-14H2,1H3,(H,24,25,29). The molecule has 8 heteroatoms. The number of esters is 1. The smallest absolute Gasteiger partial charge is 0.311 e. The van der Waals surface area contributed by atoms with Crippen molar-refractivity contribution in [3.05, 3.63) is 77.3 Å². The van der Waals surface area contributed by atoms with E-state index in [0.717, 1.165) is 11.3 Å². The Kier molecular flexibility index (Phi) is 6.37. The summed E-state index contributed by atoms with van der Waals surface area (Å²) in [5.41, 5.74) is 3.01. The van der Waals surface area contributed by atoms with Gasteiger partial charge in [-0.1, -0.05) is 48.5 Å². The number of anilines is 2. The molecule has 0 fully saturated rings. The van der Waals surface area contributed by atoms with E-state index in [-0.39, 0.29) is 24.3 Å². The molecule has 1 aliphatic rings. The first-order chi connectivity index (χ1) is 15.1. The van der Waals surface area contributed by atoms with Gasteiger partial charge in [-0.3, -0.25) is 19.9 Å². The van der Waals surface area contributed by atoms with Crippen molar-refractivity contribution < 1.29 is 14.3 Å². The maximum absolute atomic E-state index is 12.9. The van der Waals surface area contributed by atoms with E-state index in [4.69, 9.17) is 4.74 Å². The van der Waals surface area contributed by atoms with E-state index < -0.39 is 0 Å². The Morgan fingerprint density at radius 1 is 1.13 bits per heavy atom. The highest BCUT2D eigenvalue weighted by Gasteiger charge is 2.32. The average molecular weight is 435 g/mol. The number of aromatic nitrogens is 1. The molecule has 2 aromatic carbocycles. The summed E-state index contributed by atoms with van der Waals surface area (Å²) in [6.07, 6.45) is 0.560. The summed E-state index contributed by atoms with van der Waals surface area (Å²) in [5, 5.41) is 11.5. The van der Waals surface area contributed by atoms with Gasteiger partial charge >= 0.3 is 5.97 Å². The molecular formula is C23H22N4O3S. The average Bonchev–Trinajstić information content (AvgIpc) is 3.42. The number of amides is 1. The third-order valence-electron chi connectivity index (χ3n) is 4.78. The van der Waals surface area contributed by atoms with Crippen LogP contribution in [0.15, 0.2) is 71.1 Å². The molecule has 1 aliphatic heterocycles. The zero-order chi connectivity index (χ0) is 21.6. The van der Waals surface area contributed by atoms with Crippen molar-refractivity contribution in [2.24, 2.45) is 5.10 Å². The Bertz CT molecular complexity index is 1080. The van der Waals surface area contributed by atoms with Gasteiger partial charge in [0.1, 0.15) is 5.71 Å². The number of nitrogens with zero attached hydrogens (tertiary/aromatic N) is 3. The SMILES string of the molecule is CCOC(=O)Cc1csc(NC(=O)C2=NN(c3ccccc3)C(c3ccccc3)C2)n1. The van der Waals surface area contributed by atoms with Gasteiger partial charge in [-0.05, 0) is 24.6 Å². The molecule has 158 valence electrons. The molecule has 31 heavy (non-hydrogen) atoms. The van der Waals surface area contributed by atoms with Crippen molar-refractivity contribution in [2.75, 3.05) is 16.9 Å². The summed E-state index contributed by atoms with van der Waals surface area (Å²) in [7, 11) is 0. The Morgan fingerprint density at radius 2 is 1.84 bits per heavy atom. The minimum Gasteiger partial charge on any atom is -0.466 e. The second kappa shape index (κ2) is 9.53. The predicted molar refractivity (Wildman–Crippen MR) is 121 cm³/mol. The summed E-state index contributed by atoms with van der Waals surface area (Å²) in [6.45, 7) is 2.08. The van der Waals surface area contributed by atoms with Crippen LogP contribution in [0.1, 0.15) is 30.6 Å². The molecular weight excluding hydrogens is 412 g/mol. The van der Waals surface area contributed by atoms with Crippen LogP contribution >= 0.6 is 11.3 Å². The zero-order valence-corrected chi connectivity index (χ0v) is 17.8. The van der Waals surface area contributed by atoms with Gasteiger partial charge in [-0.15, -0.1) is 11.3 Å². The van der Waals surface area contributed by atoms with Crippen molar-refractivity contribution in [1.82, 2.24) is 4.98 Å². The number of thiazole rings is 1. The van der Waals surface area contributed by atoms with Gasteiger partial charge in [-0.25, -0.2) is 4.98 Å². The molecule has 0 aliphatic carbocycles. The van der Waals surface area contributed by atoms with Crippen LogP contribution < -0.4 is 10.3 Å². The van der Waals surface area contributed by atoms with Crippen molar-refractivity contribution >= 4 is 39.7 Å². The molecule has 1 aromatic heterocycles. The Hall–Kier alpha value is -3.52. The number of rotatable bonds is 7. The van der Waals surface area contributed by atoms with E-state index in [1.165, 1.54) is 11.3 Å². The second-order valence-corrected chi connectivity index (χ2v) is 7.80. The summed E-state index contributed by atoms with van der Waals surface area (Å²) in [5.74, 6) is -0.633. The molecule has 1 amide bonds.